The SMILES string of the molecule is COc1ccc(NC(=O)Nc2cc3oc4ccccc4c3cc2OC)c(OC)c1. The van der Waals surface area contributed by atoms with E-state index in [4.69, 9.17) is 18.6 Å². The monoisotopic (exact) mass is 392 g/mol. The van der Waals surface area contributed by atoms with Gasteiger partial charge in [-0.25, -0.2) is 4.79 Å². The van der Waals surface area contributed by atoms with E-state index in [9.17, 15) is 4.79 Å². The van der Waals surface area contributed by atoms with Crippen LogP contribution in [0.3, 0.4) is 0 Å². The summed E-state index contributed by atoms with van der Waals surface area (Å²) in [5.74, 6) is 1.64. The van der Waals surface area contributed by atoms with Gasteiger partial charge >= 0.3 is 6.03 Å². The van der Waals surface area contributed by atoms with Crippen molar-refractivity contribution in [3.63, 3.8) is 0 Å². The summed E-state index contributed by atoms with van der Waals surface area (Å²) in [6.07, 6.45) is 0. The Morgan fingerprint density at radius 3 is 2.24 bits per heavy atom. The molecule has 2 N–H and O–H groups in total. The molecule has 4 rings (SSSR count). The van der Waals surface area contributed by atoms with E-state index in [1.54, 1.807) is 38.5 Å². The van der Waals surface area contributed by atoms with Gasteiger partial charge < -0.3 is 29.3 Å². The zero-order chi connectivity index (χ0) is 20.4. The maximum Gasteiger partial charge on any atom is 0.323 e. The number of ether oxygens (including phenoxy) is 3. The highest BCUT2D eigenvalue weighted by Gasteiger charge is 2.15. The highest BCUT2D eigenvalue weighted by Crippen LogP contribution is 2.36. The first kappa shape index (κ1) is 18.5. The van der Waals surface area contributed by atoms with Gasteiger partial charge in [0, 0.05) is 22.9 Å². The first-order chi connectivity index (χ1) is 14.1. The van der Waals surface area contributed by atoms with Gasteiger partial charge in [-0.3, -0.25) is 0 Å². The van der Waals surface area contributed by atoms with Crippen LogP contribution in [-0.4, -0.2) is 27.4 Å². The van der Waals surface area contributed by atoms with Gasteiger partial charge in [-0.05, 0) is 24.3 Å². The third-order valence-electron chi connectivity index (χ3n) is 4.60. The van der Waals surface area contributed by atoms with Gasteiger partial charge in [-0.1, -0.05) is 18.2 Å². The van der Waals surface area contributed by atoms with Crippen molar-refractivity contribution >= 4 is 39.3 Å². The molecule has 7 nitrogen and oxygen atoms in total. The minimum absolute atomic E-state index is 0.442. The molecule has 2 amide bonds. The van der Waals surface area contributed by atoms with E-state index in [0.717, 1.165) is 16.4 Å². The average molecular weight is 392 g/mol. The molecule has 0 aliphatic carbocycles. The van der Waals surface area contributed by atoms with Crippen LogP contribution < -0.4 is 24.8 Å². The molecule has 4 aromatic rings. The second-order valence-electron chi connectivity index (χ2n) is 6.29. The Balaban J connectivity index is 1.63. The maximum atomic E-state index is 12.6. The van der Waals surface area contributed by atoms with E-state index in [1.807, 2.05) is 30.3 Å². The molecule has 3 aromatic carbocycles. The molecule has 7 heteroatoms. The lowest BCUT2D eigenvalue weighted by molar-refractivity contribution is 0.262. The fourth-order valence-corrected chi connectivity index (χ4v) is 3.20. The van der Waals surface area contributed by atoms with Gasteiger partial charge in [0.2, 0.25) is 0 Å². The number of amides is 2. The lowest BCUT2D eigenvalue weighted by Crippen LogP contribution is -2.20. The van der Waals surface area contributed by atoms with E-state index in [2.05, 4.69) is 10.6 Å². The fraction of sp³-hybridized carbons (Fsp3) is 0.136. The summed E-state index contributed by atoms with van der Waals surface area (Å²) in [4.78, 5) is 12.6. The molecule has 0 bridgehead atoms. The number of rotatable bonds is 5. The van der Waals surface area contributed by atoms with Crippen molar-refractivity contribution in [3.8, 4) is 17.2 Å². The van der Waals surface area contributed by atoms with Crippen molar-refractivity contribution in [3.05, 3.63) is 54.6 Å². The van der Waals surface area contributed by atoms with Gasteiger partial charge in [0.1, 0.15) is 28.4 Å². The maximum absolute atomic E-state index is 12.6. The Morgan fingerprint density at radius 1 is 0.759 bits per heavy atom. The topological polar surface area (TPSA) is 82.0 Å². The predicted octanol–water partition coefficient (Wildman–Crippen LogP) is 5.26. The standard InChI is InChI=1S/C22H20N2O5/c1-26-13-8-9-16(20(10-13)27-2)23-22(25)24-17-12-19-15(11-21(17)28-3)14-6-4-5-7-18(14)29-19/h4-12H,1-3H3,(H2,23,24,25). The molecule has 0 radical (unpaired) electrons. The predicted molar refractivity (Wildman–Crippen MR) is 112 cm³/mol. The summed E-state index contributed by atoms with van der Waals surface area (Å²) >= 11 is 0. The molecule has 0 fully saturated rings. The summed E-state index contributed by atoms with van der Waals surface area (Å²) in [6, 6.07) is 16.0. The zero-order valence-corrected chi connectivity index (χ0v) is 16.2. The lowest BCUT2D eigenvalue weighted by atomic mass is 10.1. The third-order valence-corrected chi connectivity index (χ3v) is 4.60. The number of furan rings is 1. The fourth-order valence-electron chi connectivity index (χ4n) is 3.20. The summed E-state index contributed by atoms with van der Waals surface area (Å²) in [5, 5.41) is 7.48. The van der Waals surface area contributed by atoms with E-state index in [1.165, 1.54) is 7.11 Å². The molecule has 1 heterocycles. The summed E-state index contributed by atoms with van der Waals surface area (Å²) in [6.45, 7) is 0. The number of urea groups is 1. The third kappa shape index (κ3) is 3.50. The van der Waals surface area contributed by atoms with Crippen molar-refractivity contribution in [2.24, 2.45) is 0 Å². The number of carbonyl (C=O) groups is 1. The Bertz CT molecular complexity index is 1200. The highest BCUT2D eigenvalue weighted by atomic mass is 16.5. The number of carbonyl (C=O) groups excluding carboxylic acids is 1. The number of hydrogen-bond acceptors (Lipinski definition) is 5. The van der Waals surface area contributed by atoms with Crippen molar-refractivity contribution in [2.45, 2.75) is 0 Å². The van der Waals surface area contributed by atoms with Gasteiger partial charge in [0.15, 0.2) is 0 Å². The lowest BCUT2D eigenvalue weighted by Gasteiger charge is -2.14. The molecule has 0 atom stereocenters. The van der Waals surface area contributed by atoms with Crippen molar-refractivity contribution < 1.29 is 23.4 Å². The van der Waals surface area contributed by atoms with E-state index in [-0.39, 0.29) is 0 Å². The molecule has 0 unspecified atom stereocenters. The van der Waals surface area contributed by atoms with Crippen molar-refractivity contribution in [1.82, 2.24) is 0 Å². The smallest absolute Gasteiger partial charge is 0.323 e. The number of anilines is 2. The summed E-state index contributed by atoms with van der Waals surface area (Å²) in [7, 11) is 4.64. The van der Waals surface area contributed by atoms with Crippen LogP contribution in [0.15, 0.2) is 59.0 Å². The van der Waals surface area contributed by atoms with Gasteiger partial charge in [-0.2, -0.15) is 0 Å². The number of para-hydroxylation sites is 1. The van der Waals surface area contributed by atoms with Gasteiger partial charge in [0.05, 0.1) is 32.7 Å². The van der Waals surface area contributed by atoms with E-state index in [0.29, 0.717) is 34.2 Å². The first-order valence-electron chi connectivity index (χ1n) is 8.92. The molecule has 0 aliphatic rings. The van der Waals surface area contributed by atoms with Gasteiger partial charge in [-0.15, -0.1) is 0 Å². The van der Waals surface area contributed by atoms with Crippen LogP contribution in [0.25, 0.3) is 21.9 Å². The first-order valence-corrected chi connectivity index (χ1v) is 8.92. The molecular formula is C22H20N2O5. The Labute approximate surface area is 167 Å². The van der Waals surface area contributed by atoms with Crippen molar-refractivity contribution in [1.29, 1.82) is 0 Å². The summed E-state index contributed by atoms with van der Waals surface area (Å²) < 4.78 is 21.9. The van der Waals surface area contributed by atoms with Crippen LogP contribution >= 0.6 is 0 Å². The molecule has 0 saturated carbocycles. The van der Waals surface area contributed by atoms with E-state index < -0.39 is 6.03 Å². The molecule has 29 heavy (non-hydrogen) atoms. The second kappa shape index (κ2) is 7.63. The molecule has 0 saturated heterocycles. The molecule has 0 aliphatic heterocycles. The van der Waals surface area contributed by atoms with Crippen LogP contribution in [0.5, 0.6) is 17.2 Å². The van der Waals surface area contributed by atoms with Crippen molar-refractivity contribution in [2.75, 3.05) is 32.0 Å². The normalized spacial score (nSPS) is 10.7. The Morgan fingerprint density at radius 2 is 1.48 bits per heavy atom. The molecule has 148 valence electrons. The highest BCUT2D eigenvalue weighted by molar-refractivity contribution is 6.08. The number of methoxy groups -OCH3 is 3. The van der Waals surface area contributed by atoms with Crippen LogP contribution in [0.1, 0.15) is 0 Å². The molecule has 0 spiro atoms. The number of hydrogen-bond donors (Lipinski definition) is 2. The number of nitrogens with one attached hydrogen (secondary N) is 2. The minimum atomic E-state index is -0.442. The van der Waals surface area contributed by atoms with Crippen LogP contribution in [0.2, 0.25) is 0 Å². The Hall–Kier alpha value is -3.87. The number of fused-ring (bicyclic) bond motifs is 3. The van der Waals surface area contributed by atoms with Crippen LogP contribution in [0, 0.1) is 0 Å². The second-order valence-corrected chi connectivity index (χ2v) is 6.29. The summed E-state index contributed by atoms with van der Waals surface area (Å²) in [5.41, 5.74) is 2.43. The van der Waals surface area contributed by atoms with Crippen LogP contribution in [0.4, 0.5) is 16.2 Å². The largest absolute Gasteiger partial charge is 0.497 e. The minimum Gasteiger partial charge on any atom is -0.497 e. The average Bonchev–Trinajstić information content (AvgIpc) is 3.10. The number of benzene rings is 3. The van der Waals surface area contributed by atoms with E-state index >= 15 is 0 Å². The Kier molecular flexibility index (Phi) is 4.87. The zero-order valence-electron chi connectivity index (χ0n) is 16.2. The van der Waals surface area contributed by atoms with Crippen LogP contribution in [-0.2, 0) is 0 Å². The van der Waals surface area contributed by atoms with Gasteiger partial charge in [0.25, 0.3) is 0 Å². The molecule has 1 aromatic heterocycles. The molecular weight excluding hydrogens is 372 g/mol. The quantitative estimate of drug-likeness (QED) is 0.484.